The summed E-state index contributed by atoms with van der Waals surface area (Å²) >= 11 is 1.70. The maximum absolute atomic E-state index is 12.7. The van der Waals surface area contributed by atoms with E-state index in [1.54, 1.807) is 11.8 Å². The van der Waals surface area contributed by atoms with E-state index >= 15 is 0 Å². The molecule has 1 aromatic heterocycles. The van der Waals surface area contributed by atoms with Crippen LogP contribution < -0.4 is 5.32 Å². The van der Waals surface area contributed by atoms with Crippen LogP contribution in [0.1, 0.15) is 50.4 Å². The van der Waals surface area contributed by atoms with Crippen LogP contribution in [0.4, 0.5) is 0 Å². The van der Waals surface area contributed by atoms with E-state index in [0.717, 1.165) is 12.3 Å². The van der Waals surface area contributed by atoms with Crippen LogP contribution in [0.15, 0.2) is 18.5 Å². The third-order valence-electron chi connectivity index (χ3n) is 5.51. The highest BCUT2D eigenvalue weighted by Crippen LogP contribution is 2.41. The number of hydrogen-bond acceptors (Lipinski definition) is 3. The molecule has 5 nitrogen and oxygen atoms in total. The molecule has 0 radical (unpaired) electrons. The third kappa shape index (κ3) is 4.45. The van der Waals surface area contributed by atoms with Gasteiger partial charge in [0.15, 0.2) is 0 Å². The fraction of sp³-hybridized carbons (Fsp3) is 0.700. The van der Waals surface area contributed by atoms with Crippen LogP contribution in [-0.4, -0.2) is 52.4 Å². The largest absolute Gasteiger partial charge is 0.348 e. The highest BCUT2D eigenvalue weighted by molar-refractivity contribution is 7.98. The second-order valence-corrected chi connectivity index (χ2v) is 9.59. The minimum Gasteiger partial charge on any atom is -0.348 e. The summed E-state index contributed by atoms with van der Waals surface area (Å²) in [4.78, 5) is 27.1. The van der Waals surface area contributed by atoms with E-state index < -0.39 is 0 Å². The highest BCUT2D eigenvalue weighted by Gasteiger charge is 2.44. The SMILES string of the molecule is CSCCC(=O)N1CC(NC(=O)c2ccn(C(C)(C)C)c2)C(C2CC2)C1. The summed E-state index contributed by atoms with van der Waals surface area (Å²) in [6.45, 7) is 7.80. The highest BCUT2D eigenvalue weighted by atomic mass is 32.2. The average Bonchev–Trinajstić information content (AvgIpc) is 3.12. The maximum atomic E-state index is 12.7. The van der Waals surface area contributed by atoms with Gasteiger partial charge in [0.25, 0.3) is 5.91 Å². The fourth-order valence-electron chi connectivity index (χ4n) is 3.73. The van der Waals surface area contributed by atoms with E-state index in [1.807, 2.05) is 29.6 Å². The zero-order valence-corrected chi connectivity index (χ0v) is 17.1. The molecule has 26 heavy (non-hydrogen) atoms. The van der Waals surface area contributed by atoms with Gasteiger partial charge in [-0.25, -0.2) is 0 Å². The molecule has 0 aromatic carbocycles. The Labute approximate surface area is 160 Å². The lowest BCUT2D eigenvalue weighted by molar-refractivity contribution is -0.129. The predicted molar refractivity (Wildman–Crippen MR) is 106 cm³/mol. The molecular weight excluding hydrogens is 346 g/mol. The summed E-state index contributed by atoms with van der Waals surface area (Å²) in [5, 5.41) is 3.22. The normalized spacial score (nSPS) is 23.3. The van der Waals surface area contributed by atoms with E-state index in [9.17, 15) is 9.59 Å². The number of likely N-dealkylation sites (tertiary alicyclic amines) is 1. The Morgan fingerprint density at radius 2 is 2.00 bits per heavy atom. The topological polar surface area (TPSA) is 54.3 Å². The molecule has 2 atom stereocenters. The van der Waals surface area contributed by atoms with Crippen LogP contribution in [0.25, 0.3) is 0 Å². The first kappa shape index (κ1) is 19.3. The van der Waals surface area contributed by atoms with Crippen molar-refractivity contribution >= 4 is 23.6 Å². The Bertz CT molecular complexity index is 660. The van der Waals surface area contributed by atoms with Crippen molar-refractivity contribution in [2.45, 2.75) is 51.6 Å². The van der Waals surface area contributed by atoms with Crippen LogP contribution in [0, 0.1) is 11.8 Å². The summed E-state index contributed by atoms with van der Waals surface area (Å²) in [7, 11) is 0. The minimum absolute atomic E-state index is 0.0259. The molecule has 6 heteroatoms. The summed E-state index contributed by atoms with van der Waals surface area (Å²) in [5.74, 6) is 2.13. The number of rotatable bonds is 6. The number of nitrogens with one attached hydrogen (secondary N) is 1. The molecule has 2 aliphatic rings. The first-order valence-corrected chi connectivity index (χ1v) is 10.9. The second-order valence-electron chi connectivity index (χ2n) is 8.60. The first-order valence-electron chi connectivity index (χ1n) is 9.55. The van der Waals surface area contributed by atoms with Crippen molar-refractivity contribution in [3.05, 3.63) is 24.0 Å². The number of hydrogen-bond donors (Lipinski definition) is 1. The molecule has 1 aliphatic carbocycles. The lowest BCUT2D eigenvalue weighted by atomic mass is 9.98. The Morgan fingerprint density at radius 3 is 2.58 bits per heavy atom. The monoisotopic (exact) mass is 377 g/mol. The van der Waals surface area contributed by atoms with E-state index in [2.05, 4.69) is 30.7 Å². The van der Waals surface area contributed by atoms with Gasteiger partial charge in [-0.3, -0.25) is 9.59 Å². The molecule has 0 bridgehead atoms. The molecule has 2 unspecified atom stereocenters. The molecular formula is C20H31N3O2S. The van der Waals surface area contributed by atoms with Gasteiger partial charge in [-0.05, 0) is 51.9 Å². The Morgan fingerprint density at radius 1 is 1.27 bits per heavy atom. The molecule has 1 aliphatic heterocycles. The van der Waals surface area contributed by atoms with E-state index in [0.29, 0.717) is 30.4 Å². The standard InChI is InChI=1S/C20H31N3O2S/c1-20(2,3)23-9-7-15(11-23)19(25)21-17-13-22(18(24)8-10-26-4)12-16(17)14-5-6-14/h7,9,11,14,16-17H,5-6,8,10,12-13H2,1-4H3,(H,21,25). The van der Waals surface area contributed by atoms with Crippen molar-refractivity contribution < 1.29 is 9.59 Å². The van der Waals surface area contributed by atoms with Crippen LogP contribution in [0.5, 0.6) is 0 Å². The lowest BCUT2D eigenvalue weighted by Gasteiger charge is -2.21. The maximum Gasteiger partial charge on any atom is 0.253 e. The lowest BCUT2D eigenvalue weighted by Crippen LogP contribution is -2.41. The summed E-state index contributed by atoms with van der Waals surface area (Å²) in [6.07, 6.45) is 8.94. The molecule has 2 fully saturated rings. The van der Waals surface area contributed by atoms with Gasteiger partial charge in [-0.1, -0.05) is 0 Å². The summed E-state index contributed by atoms with van der Waals surface area (Å²) in [6, 6.07) is 1.95. The third-order valence-corrected chi connectivity index (χ3v) is 6.12. The molecule has 144 valence electrons. The molecule has 1 saturated carbocycles. The van der Waals surface area contributed by atoms with Crippen molar-refractivity contribution in [2.24, 2.45) is 11.8 Å². The van der Waals surface area contributed by atoms with Gasteiger partial charge in [-0.2, -0.15) is 11.8 Å². The van der Waals surface area contributed by atoms with E-state index in [-0.39, 0.29) is 23.4 Å². The number of carbonyl (C=O) groups excluding carboxylic acids is 2. The number of thioether (sulfide) groups is 1. The number of amides is 2. The quantitative estimate of drug-likeness (QED) is 0.829. The smallest absolute Gasteiger partial charge is 0.253 e. The predicted octanol–water partition coefficient (Wildman–Crippen LogP) is 2.96. The summed E-state index contributed by atoms with van der Waals surface area (Å²) < 4.78 is 2.06. The Hall–Kier alpha value is -1.43. The van der Waals surface area contributed by atoms with E-state index in [1.165, 1.54) is 12.8 Å². The van der Waals surface area contributed by atoms with Crippen molar-refractivity contribution in [3.8, 4) is 0 Å². The fourth-order valence-corrected chi connectivity index (χ4v) is 4.11. The Kier molecular flexibility index (Phi) is 5.70. The zero-order valence-electron chi connectivity index (χ0n) is 16.3. The zero-order chi connectivity index (χ0) is 18.9. The molecule has 3 rings (SSSR count). The molecule has 1 N–H and O–H groups in total. The first-order chi connectivity index (χ1) is 12.3. The molecule has 1 saturated heterocycles. The van der Waals surface area contributed by atoms with Gasteiger partial charge in [-0.15, -0.1) is 0 Å². The molecule has 2 amide bonds. The van der Waals surface area contributed by atoms with Gasteiger partial charge in [0.1, 0.15) is 0 Å². The Balaban J connectivity index is 1.64. The summed E-state index contributed by atoms with van der Waals surface area (Å²) in [5.41, 5.74) is 0.657. The van der Waals surface area contributed by atoms with Crippen LogP contribution in [0.2, 0.25) is 0 Å². The van der Waals surface area contributed by atoms with Crippen molar-refractivity contribution in [1.29, 1.82) is 0 Å². The van der Waals surface area contributed by atoms with Gasteiger partial charge in [0.05, 0.1) is 11.6 Å². The number of nitrogens with zero attached hydrogens (tertiary/aromatic N) is 2. The second kappa shape index (κ2) is 7.67. The van der Waals surface area contributed by atoms with Gasteiger partial charge >= 0.3 is 0 Å². The van der Waals surface area contributed by atoms with Gasteiger partial charge < -0.3 is 14.8 Å². The number of aromatic nitrogens is 1. The minimum atomic E-state index is -0.0387. The average molecular weight is 378 g/mol. The van der Waals surface area contributed by atoms with Gasteiger partial charge in [0.2, 0.25) is 5.91 Å². The van der Waals surface area contributed by atoms with Crippen molar-refractivity contribution in [3.63, 3.8) is 0 Å². The molecule has 1 aromatic rings. The van der Waals surface area contributed by atoms with Crippen molar-refractivity contribution in [1.82, 2.24) is 14.8 Å². The van der Waals surface area contributed by atoms with Crippen LogP contribution in [-0.2, 0) is 10.3 Å². The van der Waals surface area contributed by atoms with E-state index in [4.69, 9.17) is 0 Å². The molecule has 2 heterocycles. The van der Waals surface area contributed by atoms with Crippen molar-refractivity contribution in [2.75, 3.05) is 25.1 Å². The number of carbonyl (C=O) groups is 2. The van der Waals surface area contributed by atoms with Crippen LogP contribution >= 0.6 is 11.8 Å². The molecule has 0 spiro atoms. The van der Waals surface area contributed by atoms with Gasteiger partial charge in [0, 0.05) is 49.1 Å². The van der Waals surface area contributed by atoms with Crippen LogP contribution in [0.3, 0.4) is 0 Å².